The van der Waals surface area contributed by atoms with Gasteiger partial charge in [0, 0.05) is 16.5 Å². The summed E-state index contributed by atoms with van der Waals surface area (Å²) in [6, 6.07) is 4.26. The van der Waals surface area contributed by atoms with Crippen molar-refractivity contribution in [1.29, 1.82) is 0 Å². The summed E-state index contributed by atoms with van der Waals surface area (Å²) in [5.41, 5.74) is -2.24. The van der Waals surface area contributed by atoms with Crippen LogP contribution >= 0.6 is 11.6 Å². The highest BCUT2D eigenvalue weighted by Crippen LogP contribution is 2.26. The van der Waals surface area contributed by atoms with E-state index in [1.54, 1.807) is 0 Å². The molecule has 0 aliphatic rings. The Balaban J connectivity index is 2.96. The van der Waals surface area contributed by atoms with Crippen LogP contribution in [-0.2, 0) is 4.79 Å². The number of hydrogen-bond acceptors (Lipinski definition) is 4. The smallest absolute Gasteiger partial charge is 0.328 e. The molecular formula is C13H8ClNO5. The van der Waals surface area contributed by atoms with E-state index in [0.29, 0.717) is 11.1 Å². The van der Waals surface area contributed by atoms with Crippen LogP contribution in [0.15, 0.2) is 33.9 Å². The van der Waals surface area contributed by atoms with Gasteiger partial charge in [-0.15, -0.1) is 0 Å². The van der Waals surface area contributed by atoms with Crippen LogP contribution in [0.25, 0.3) is 17.0 Å². The van der Waals surface area contributed by atoms with Gasteiger partial charge in [-0.2, -0.15) is 0 Å². The maximum absolute atomic E-state index is 11.8. The molecule has 0 unspecified atom stereocenters. The Kier molecular flexibility index (Phi) is 3.58. The number of halogens is 1. The lowest BCUT2D eigenvalue weighted by Gasteiger charge is -1.98. The van der Waals surface area contributed by atoms with Gasteiger partial charge in [-0.1, -0.05) is 11.6 Å². The first-order chi connectivity index (χ1) is 9.40. The molecule has 2 aromatic rings. The molecule has 3 N–H and O–H groups in total. The number of benzene rings is 1. The predicted molar refractivity (Wildman–Crippen MR) is 74.2 cm³/mol. The zero-order valence-electron chi connectivity index (χ0n) is 9.88. The SMILES string of the molecule is O=C(O)C=Cc1c(O)c2ccc(Cl)cc2[nH]c(=O)c1=O. The highest BCUT2D eigenvalue weighted by atomic mass is 35.5. The van der Waals surface area contributed by atoms with Crippen LogP contribution in [0.2, 0.25) is 5.02 Å². The van der Waals surface area contributed by atoms with Crippen molar-refractivity contribution in [1.82, 2.24) is 4.98 Å². The van der Waals surface area contributed by atoms with Crippen LogP contribution in [-0.4, -0.2) is 21.2 Å². The molecule has 2 rings (SSSR count). The first-order valence-electron chi connectivity index (χ1n) is 5.40. The Morgan fingerprint density at radius 1 is 1.30 bits per heavy atom. The molecule has 0 amide bonds. The second-order valence-electron chi connectivity index (χ2n) is 3.91. The van der Waals surface area contributed by atoms with E-state index in [1.165, 1.54) is 18.2 Å². The summed E-state index contributed by atoms with van der Waals surface area (Å²) in [6.07, 6.45) is 1.54. The minimum absolute atomic E-state index is 0.173. The lowest BCUT2D eigenvalue weighted by Crippen LogP contribution is -2.25. The van der Waals surface area contributed by atoms with E-state index in [-0.39, 0.29) is 10.9 Å². The number of aromatic hydroxyl groups is 1. The van der Waals surface area contributed by atoms with Gasteiger partial charge >= 0.3 is 5.97 Å². The number of H-pyrrole nitrogens is 1. The van der Waals surface area contributed by atoms with Crippen LogP contribution in [0.5, 0.6) is 5.75 Å². The highest BCUT2D eigenvalue weighted by molar-refractivity contribution is 6.31. The lowest BCUT2D eigenvalue weighted by atomic mass is 10.1. The Morgan fingerprint density at radius 3 is 2.65 bits per heavy atom. The van der Waals surface area contributed by atoms with Crippen LogP contribution < -0.4 is 11.0 Å². The zero-order chi connectivity index (χ0) is 14.9. The van der Waals surface area contributed by atoms with Crippen molar-refractivity contribution in [3.8, 4) is 5.75 Å². The second-order valence-corrected chi connectivity index (χ2v) is 4.34. The molecule has 102 valence electrons. The van der Waals surface area contributed by atoms with Crippen molar-refractivity contribution >= 4 is 34.5 Å². The maximum Gasteiger partial charge on any atom is 0.328 e. The summed E-state index contributed by atoms with van der Waals surface area (Å²) in [6.45, 7) is 0. The number of aromatic nitrogens is 1. The average molecular weight is 294 g/mol. The molecule has 0 saturated carbocycles. The Morgan fingerprint density at radius 2 is 2.00 bits per heavy atom. The molecule has 0 bridgehead atoms. The Bertz CT molecular complexity index is 854. The van der Waals surface area contributed by atoms with E-state index >= 15 is 0 Å². The Labute approximate surface area is 116 Å². The van der Waals surface area contributed by atoms with Crippen LogP contribution in [0.3, 0.4) is 0 Å². The molecule has 1 aromatic heterocycles. The number of carboxylic acid groups (broad SMARTS) is 1. The number of nitrogens with one attached hydrogen (secondary N) is 1. The fourth-order valence-electron chi connectivity index (χ4n) is 1.69. The number of aromatic amines is 1. The van der Waals surface area contributed by atoms with Crippen molar-refractivity contribution in [3.63, 3.8) is 0 Å². The third-order valence-electron chi connectivity index (χ3n) is 2.58. The molecule has 0 saturated heterocycles. The maximum atomic E-state index is 11.8. The van der Waals surface area contributed by atoms with E-state index in [2.05, 4.69) is 4.98 Å². The number of rotatable bonds is 2. The van der Waals surface area contributed by atoms with Gasteiger partial charge < -0.3 is 15.2 Å². The Hall–Kier alpha value is -2.60. The number of fused-ring (bicyclic) bond motifs is 1. The summed E-state index contributed by atoms with van der Waals surface area (Å²) in [5.74, 6) is -1.79. The third kappa shape index (κ3) is 2.55. The first-order valence-corrected chi connectivity index (χ1v) is 5.78. The first kappa shape index (κ1) is 13.8. The summed E-state index contributed by atoms with van der Waals surface area (Å²) >= 11 is 5.78. The number of hydrogen-bond donors (Lipinski definition) is 3. The molecule has 7 heteroatoms. The lowest BCUT2D eigenvalue weighted by molar-refractivity contribution is -0.131. The van der Waals surface area contributed by atoms with Crippen LogP contribution in [0.1, 0.15) is 5.56 Å². The van der Waals surface area contributed by atoms with Gasteiger partial charge in [0.2, 0.25) is 0 Å². The standard InChI is InChI=1S/C13H8ClNO5/c14-6-1-2-7-9(5-6)15-13(20)12(19)8(11(7)18)3-4-10(16)17/h1-5,18H,(H,16,17)(H,15,19,20). The molecule has 0 aliphatic carbocycles. The van der Waals surface area contributed by atoms with Gasteiger partial charge in [-0.05, 0) is 24.3 Å². The molecule has 0 spiro atoms. The minimum atomic E-state index is -1.31. The van der Waals surface area contributed by atoms with Gasteiger partial charge in [-0.25, -0.2) is 4.79 Å². The van der Waals surface area contributed by atoms with E-state index < -0.39 is 28.3 Å². The monoisotopic (exact) mass is 293 g/mol. The van der Waals surface area contributed by atoms with E-state index in [1.807, 2.05) is 0 Å². The van der Waals surface area contributed by atoms with Gasteiger partial charge in [0.1, 0.15) is 5.75 Å². The molecule has 20 heavy (non-hydrogen) atoms. The van der Waals surface area contributed by atoms with Crippen molar-refractivity contribution < 1.29 is 15.0 Å². The summed E-state index contributed by atoms with van der Waals surface area (Å²) < 4.78 is 0. The average Bonchev–Trinajstić information content (AvgIpc) is 2.45. The number of carboxylic acids is 1. The number of aliphatic carboxylic acids is 1. The molecule has 1 heterocycles. The predicted octanol–water partition coefficient (Wildman–Crippen LogP) is 1.35. The normalized spacial score (nSPS) is 11.1. The zero-order valence-corrected chi connectivity index (χ0v) is 10.6. The van der Waals surface area contributed by atoms with E-state index in [9.17, 15) is 19.5 Å². The van der Waals surface area contributed by atoms with E-state index in [0.717, 1.165) is 6.08 Å². The van der Waals surface area contributed by atoms with Crippen molar-refractivity contribution in [2.75, 3.05) is 0 Å². The van der Waals surface area contributed by atoms with Gasteiger partial charge in [0.25, 0.3) is 11.0 Å². The van der Waals surface area contributed by atoms with E-state index in [4.69, 9.17) is 16.7 Å². The molecule has 1 aromatic carbocycles. The molecule has 0 fully saturated rings. The third-order valence-corrected chi connectivity index (χ3v) is 2.82. The highest BCUT2D eigenvalue weighted by Gasteiger charge is 2.10. The topological polar surface area (TPSA) is 107 Å². The fourth-order valence-corrected chi connectivity index (χ4v) is 1.86. The van der Waals surface area contributed by atoms with Gasteiger partial charge in [0.05, 0.1) is 11.1 Å². The van der Waals surface area contributed by atoms with Gasteiger partial charge in [-0.3, -0.25) is 9.59 Å². The fraction of sp³-hybridized carbons (Fsp3) is 0. The van der Waals surface area contributed by atoms with Crippen molar-refractivity contribution in [3.05, 3.63) is 55.4 Å². The summed E-state index contributed by atoms with van der Waals surface area (Å²) in [5, 5.41) is 19.1. The molecule has 6 nitrogen and oxygen atoms in total. The van der Waals surface area contributed by atoms with Crippen LogP contribution in [0, 0.1) is 0 Å². The van der Waals surface area contributed by atoms with Gasteiger partial charge in [0.15, 0.2) is 0 Å². The molecule has 0 radical (unpaired) electrons. The van der Waals surface area contributed by atoms with Crippen molar-refractivity contribution in [2.45, 2.75) is 0 Å². The second kappa shape index (κ2) is 5.18. The summed E-state index contributed by atoms with van der Waals surface area (Å²) in [4.78, 5) is 36.3. The largest absolute Gasteiger partial charge is 0.506 e. The number of carbonyl (C=O) groups is 1. The minimum Gasteiger partial charge on any atom is -0.506 e. The summed E-state index contributed by atoms with van der Waals surface area (Å²) in [7, 11) is 0. The quantitative estimate of drug-likeness (QED) is 0.572. The molecule has 0 aliphatic heterocycles. The molecule has 0 atom stereocenters. The molecular weight excluding hydrogens is 286 g/mol. The van der Waals surface area contributed by atoms with Crippen molar-refractivity contribution in [2.24, 2.45) is 0 Å². The van der Waals surface area contributed by atoms with Crippen LogP contribution in [0.4, 0.5) is 0 Å².